The van der Waals surface area contributed by atoms with E-state index in [0.717, 1.165) is 24.2 Å². The van der Waals surface area contributed by atoms with Crippen molar-refractivity contribution in [2.45, 2.75) is 38.7 Å². The Bertz CT molecular complexity index is 706. The first kappa shape index (κ1) is 17.3. The zero-order chi connectivity index (χ0) is 18.3. The summed E-state index contributed by atoms with van der Waals surface area (Å²) in [5, 5.41) is 0. The summed E-state index contributed by atoms with van der Waals surface area (Å²) in [6, 6.07) is 4.78. The van der Waals surface area contributed by atoms with Gasteiger partial charge in [0.25, 0.3) is 0 Å². The average Bonchev–Trinajstić information content (AvgIpc) is 3.51. The van der Waals surface area contributed by atoms with Gasteiger partial charge in [-0.1, -0.05) is 6.42 Å². The van der Waals surface area contributed by atoms with E-state index in [1.165, 1.54) is 26.2 Å². The zero-order valence-electron chi connectivity index (χ0n) is 15.1. The number of benzene rings is 1. The highest BCUT2D eigenvalue weighted by molar-refractivity contribution is 5.99. The number of nitrogens with zero attached hydrogens (tertiary/aromatic N) is 1. The number of hydrogen-bond donors (Lipinski definition) is 1. The lowest BCUT2D eigenvalue weighted by molar-refractivity contribution is 0.101. The van der Waals surface area contributed by atoms with Crippen LogP contribution in [0, 0.1) is 17.8 Å². The third-order valence-electron chi connectivity index (χ3n) is 6.02. The number of primary amides is 1. The number of epoxide rings is 1. The number of carbonyl (C=O) groups is 2. The maximum absolute atomic E-state index is 12.0. The Morgan fingerprint density at radius 2 is 2.04 bits per heavy atom. The van der Waals surface area contributed by atoms with Gasteiger partial charge in [0, 0.05) is 12.2 Å². The lowest BCUT2D eigenvalue weighted by Crippen LogP contribution is -2.37. The van der Waals surface area contributed by atoms with Crippen molar-refractivity contribution in [3.05, 3.63) is 23.8 Å². The van der Waals surface area contributed by atoms with Crippen LogP contribution in [0.15, 0.2) is 18.2 Å². The normalized spacial score (nSPS) is 28.3. The second-order valence-corrected chi connectivity index (χ2v) is 7.70. The van der Waals surface area contributed by atoms with Gasteiger partial charge in [0.1, 0.15) is 18.5 Å². The van der Waals surface area contributed by atoms with E-state index in [2.05, 4.69) is 0 Å². The fourth-order valence-corrected chi connectivity index (χ4v) is 4.48. The summed E-state index contributed by atoms with van der Waals surface area (Å²) in [5.74, 6) is 2.88. The molecule has 3 aliphatic rings. The van der Waals surface area contributed by atoms with Gasteiger partial charge >= 0.3 is 6.03 Å². The van der Waals surface area contributed by atoms with Crippen LogP contribution in [0.4, 0.5) is 10.5 Å². The first-order valence-corrected chi connectivity index (χ1v) is 9.51. The van der Waals surface area contributed by atoms with E-state index >= 15 is 0 Å². The Labute approximate surface area is 153 Å². The Hall–Kier alpha value is -2.08. The first-order valence-electron chi connectivity index (χ1n) is 9.51. The molecule has 0 radical (unpaired) electrons. The Morgan fingerprint density at radius 3 is 2.65 bits per heavy atom. The van der Waals surface area contributed by atoms with E-state index in [1.807, 2.05) is 0 Å². The van der Waals surface area contributed by atoms with E-state index in [-0.39, 0.29) is 11.9 Å². The second kappa shape index (κ2) is 6.91. The molecule has 4 rings (SSSR count). The fourth-order valence-electron chi connectivity index (χ4n) is 4.48. The molecule has 0 bridgehead atoms. The Morgan fingerprint density at radius 1 is 1.31 bits per heavy atom. The van der Waals surface area contributed by atoms with Gasteiger partial charge in [-0.05, 0) is 62.1 Å². The minimum atomic E-state index is -0.481. The molecule has 2 N–H and O–H groups in total. The molecule has 0 spiro atoms. The zero-order valence-corrected chi connectivity index (χ0v) is 15.1. The van der Waals surface area contributed by atoms with Crippen LogP contribution in [0.25, 0.3) is 0 Å². The SMILES string of the molecule is CC(=O)c1cc(N(CCC2C3CCCC32)C(N)=O)ccc1OCC1CO1. The number of Topliss-reactive ketones (excluding diaryl/α,β-unsaturated/α-hetero) is 1. The molecule has 3 atom stereocenters. The maximum atomic E-state index is 12.0. The minimum Gasteiger partial charge on any atom is -0.490 e. The van der Waals surface area contributed by atoms with Gasteiger partial charge in [0.15, 0.2) is 5.78 Å². The number of rotatable bonds is 8. The molecule has 0 aromatic heterocycles. The van der Waals surface area contributed by atoms with Crippen LogP contribution in [0.2, 0.25) is 0 Å². The number of hydrogen-bond acceptors (Lipinski definition) is 4. The summed E-state index contributed by atoms with van der Waals surface area (Å²) in [5.41, 5.74) is 6.74. The van der Waals surface area contributed by atoms with Crippen molar-refractivity contribution in [2.24, 2.45) is 23.5 Å². The molecule has 2 saturated carbocycles. The number of amides is 2. The van der Waals surface area contributed by atoms with E-state index < -0.39 is 6.03 Å². The van der Waals surface area contributed by atoms with Gasteiger partial charge in [-0.15, -0.1) is 0 Å². The van der Waals surface area contributed by atoms with E-state index in [4.69, 9.17) is 15.2 Å². The third kappa shape index (κ3) is 3.56. The van der Waals surface area contributed by atoms with Crippen LogP contribution in [0.5, 0.6) is 5.75 Å². The predicted octanol–water partition coefficient (Wildman–Crippen LogP) is 2.99. The highest BCUT2D eigenvalue weighted by Gasteiger charge is 2.51. The number of anilines is 1. The molecule has 1 aromatic rings. The molecule has 6 heteroatoms. The Kier molecular flexibility index (Phi) is 4.61. The predicted molar refractivity (Wildman–Crippen MR) is 97.5 cm³/mol. The highest BCUT2D eigenvalue weighted by atomic mass is 16.6. The molecule has 2 aliphatic carbocycles. The summed E-state index contributed by atoms with van der Waals surface area (Å²) in [6.45, 7) is 3.23. The number of ketones is 1. The topological polar surface area (TPSA) is 85.2 Å². The van der Waals surface area contributed by atoms with Crippen molar-refractivity contribution in [3.8, 4) is 5.75 Å². The molecule has 1 saturated heterocycles. The van der Waals surface area contributed by atoms with Crippen molar-refractivity contribution in [2.75, 3.05) is 24.7 Å². The lowest BCUT2D eigenvalue weighted by atomic mass is 10.1. The summed E-state index contributed by atoms with van der Waals surface area (Å²) in [4.78, 5) is 25.6. The molecular weight excluding hydrogens is 332 g/mol. The van der Waals surface area contributed by atoms with Gasteiger partial charge in [-0.3, -0.25) is 9.69 Å². The molecule has 3 fully saturated rings. The summed E-state index contributed by atoms with van der Waals surface area (Å²) in [7, 11) is 0. The van der Waals surface area contributed by atoms with Crippen molar-refractivity contribution in [1.82, 2.24) is 0 Å². The van der Waals surface area contributed by atoms with Gasteiger partial charge in [-0.25, -0.2) is 4.79 Å². The summed E-state index contributed by atoms with van der Waals surface area (Å²) in [6.07, 6.45) is 5.11. The number of ether oxygens (including phenoxy) is 2. The van der Waals surface area contributed by atoms with Gasteiger partial charge < -0.3 is 15.2 Å². The first-order chi connectivity index (χ1) is 12.5. The largest absolute Gasteiger partial charge is 0.490 e. The van der Waals surface area contributed by atoms with Crippen LogP contribution in [-0.2, 0) is 4.74 Å². The third-order valence-corrected chi connectivity index (χ3v) is 6.02. The standard InChI is InChI=1S/C20H26N2O4/c1-12(23)18-9-13(5-6-19(18)26-11-14-10-25-14)22(20(21)24)8-7-17-15-3-2-4-16(15)17/h5-6,9,14-17H,2-4,7-8,10-11H2,1H3,(H2,21,24). The van der Waals surface area contributed by atoms with Gasteiger partial charge in [0.05, 0.1) is 12.2 Å². The molecule has 1 heterocycles. The fraction of sp³-hybridized carbons (Fsp3) is 0.600. The van der Waals surface area contributed by atoms with E-state index in [0.29, 0.717) is 36.8 Å². The van der Waals surface area contributed by atoms with Crippen molar-refractivity contribution in [3.63, 3.8) is 0 Å². The number of carbonyl (C=O) groups excluding carboxylic acids is 2. The molecular formula is C20H26N2O4. The maximum Gasteiger partial charge on any atom is 0.319 e. The van der Waals surface area contributed by atoms with Crippen molar-refractivity contribution in [1.29, 1.82) is 0 Å². The molecule has 2 amide bonds. The van der Waals surface area contributed by atoms with Crippen LogP contribution in [0.1, 0.15) is 43.0 Å². The van der Waals surface area contributed by atoms with Crippen molar-refractivity contribution < 1.29 is 19.1 Å². The smallest absolute Gasteiger partial charge is 0.319 e. The number of urea groups is 1. The number of nitrogens with two attached hydrogens (primary N) is 1. The van der Waals surface area contributed by atoms with Crippen LogP contribution < -0.4 is 15.4 Å². The average molecular weight is 358 g/mol. The molecule has 140 valence electrons. The molecule has 3 unspecified atom stereocenters. The highest BCUT2D eigenvalue weighted by Crippen LogP contribution is 2.59. The van der Waals surface area contributed by atoms with Gasteiger partial charge in [0.2, 0.25) is 0 Å². The van der Waals surface area contributed by atoms with E-state index in [1.54, 1.807) is 23.1 Å². The molecule has 1 aromatic carbocycles. The van der Waals surface area contributed by atoms with Crippen LogP contribution >= 0.6 is 0 Å². The second-order valence-electron chi connectivity index (χ2n) is 7.70. The summed E-state index contributed by atoms with van der Waals surface area (Å²) >= 11 is 0. The molecule has 26 heavy (non-hydrogen) atoms. The monoisotopic (exact) mass is 358 g/mol. The van der Waals surface area contributed by atoms with Crippen molar-refractivity contribution >= 4 is 17.5 Å². The van der Waals surface area contributed by atoms with Crippen LogP contribution in [-0.4, -0.2) is 37.7 Å². The van der Waals surface area contributed by atoms with Crippen LogP contribution in [0.3, 0.4) is 0 Å². The quantitative estimate of drug-likeness (QED) is 0.572. The summed E-state index contributed by atoms with van der Waals surface area (Å²) < 4.78 is 10.8. The molecule has 6 nitrogen and oxygen atoms in total. The van der Waals surface area contributed by atoms with E-state index in [9.17, 15) is 9.59 Å². The minimum absolute atomic E-state index is 0.0975. The molecule has 1 aliphatic heterocycles. The van der Waals surface area contributed by atoms with Gasteiger partial charge in [-0.2, -0.15) is 0 Å². The number of fused-ring (bicyclic) bond motifs is 1. The Balaban J connectivity index is 1.46. The lowest BCUT2D eigenvalue weighted by Gasteiger charge is -2.22.